The van der Waals surface area contributed by atoms with Crippen LogP contribution in [-0.4, -0.2) is 29.4 Å². The van der Waals surface area contributed by atoms with Crippen LogP contribution in [0.5, 0.6) is 11.5 Å². The topological polar surface area (TPSA) is 63.5 Å². The Labute approximate surface area is 140 Å². The van der Waals surface area contributed by atoms with Gasteiger partial charge < -0.3 is 19.7 Å². The summed E-state index contributed by atoms with van der Waals surface area (Å²) in [5.41, 5.74) is 1.36. The van der Waals surface area contributed by atoms with Crippen LogP contribution in [0.15, 0.2) is 41.2 Å². The number of ether oxygens (including phenoxy) is 1. The summed E-state index contributed by atoms with van der Waals surface area (Å²) in [7, 11) is 1.89. The monoisotopic (exact) mass is 326 g/mol. The van der Waals surface area contributed by atoms with Gasteiger partial charge in [0.15, 0.2) is 11.5 Å². The van der Waals surface area contributed by atoms with Crippen LogP contribution in [0.4, 0.5) is 0 Å². The molecule has 24 heavy (non-hydrogen) atoms. The van der Waals surface area contributed by atoms with Gasteiger partial charge in [0.2, 0.25) is 5.43 Å². The number of benzene rings is 2. The number of para-hydroxylation sites is 1. The second kappa shape index (κ2) is 6.93. The second-order valence-electron chi connectivity index (χ2n) is 5.77. The van der Waals surface area contributed by atoms with Crippen molar-refractivity contribution in [2.45, 2.75) is 13.3 Å². The second-order valence-corrected chi connectivity index (χ2v) is 5.77. The van der Waals surface area contributed by atoms with Gasteiger partial charge in [-0.3, -0.25) is 4.79 Å². The van der Waals surface area contributed by atoms with Crippen LogP contribution in [0.25, 0.3) is 21.8 Å². The lowest BCUT2D eigenvalue weighted by molar-refractivity contribution is 0.293. The van der Waals surface area contributed by atoms with Crippen molar-refractivity contribution in [1.82, 2.24) is 9.88 Å². The molecule has 126 valence electrons. The van der Waals surface area contributed by atoms with Gasteiger partial charge in [-0.15, -0.1) is 0 Å². The summed E-state index contributed by atoms with van der Waals surface area (Å²) in [5, 5.41) is 14.7. The molecule has 3 aromatic rings. The highest BCUT2D eigenvalue weighted by molar-refractivity contribution is 5.97. The van der Waals surface area contributed by atoms with Gasteiger partial charge in [0.05, 0.1) is 23.0 Å². The van der Waals surface area contributed by atoms with E-state index in [1.807, 2.05) is 35.9 Å². The molecule has 0 radical (unpaired) electrons. The number of aromatic nitrogens is 1. The molecule has 0 spiro atoms. The number of pyridine rings is 1. The van der Waals surface area contributed by atoms with E-state index in [2.05, 4.69) is 12.2 Å². The zero-order valence-corrected chi connectivity index (χ0v) is 14.0. The molecule has 0 atom stereocenters. The standard InChI is InChI=1S/C19H22N2O3/c1-3-20-11-6-12-24-16-10-9-15-17(19(16)23)18(22)13-7-4-5-8-14(13)21(15)2/h4-5,7-10,20,23H,3,6,11-12H2,1-2H3. The van der Waals surface area contributed by atoms with Crippen molar-refractivity contribution in [2.75, 3.05) is 19.7 Å². The zero-order chi connectivity index (χ0) is 17.1. The van der Waals surface area contributed by atoms with E-state index in [0.29, 0.717) is 28.6 Å². The number of rotatable bonds is 6. The number of hydrogen-bond acceptors (Lipinski definition) is 4. The summed E-state index contributed by atoms with van der Waals surface area (Å²) in [5.74, 6) is 0.272. The number of hydrogen-bond donors (Lipinski definition) is 2. The fraction of sp³-hybridized carbons (Fsp3) is 0.316. The van der Waals surface area contributed by atoms with Gasteiger partial charge in [-0.2, -0.15) is 0 Å². The first kappa shape index (κ1) is 16.3. The van der Waals surface area contributed by atoms with E-state index >= 15 is 0 Å². The lowest BCUT2D eigenvalue weighted by atomic mass is 10.1. The minimum atomic E-state index is -0.172. The number of phenols is 1. The van der Waals surface area contributed by atoms with Crippen LogP contribution in [0.2, 0.25) is 0 Å². The molecular weight excluding hydrogens is 304 g/mol. The van der Waals surface area contributed by atoms with Crippen molar-refractivity contribution in [3.05, 3.63) is 46.6 Å². The summed E-state index contributed by atoms with van der Waals surface area (Å²) < 4.78 is 7.58. The van der Waals surface area contributed by atoms with Gasteiger partial charge in [0, 0.05) is 12.4 Å². The minimum absolute atomic E-state index is 0.0812. The van der Waals surface area contributed by atoms with Gasteiger partial charge in [-0.05, 0) is 43.8 Å². The van der Waals surface area contributed by atoms with Crippen molar-refractivity contribution in [2.24, 2.45) is 7.05 Å². The number of phenolic OH excluding ortho intramolecular Hbond substituents is 1. The van der Waals surface area contributed by atoms with Crippen LogP contribution < -0.4 is 15.5 Å². The first-order valence-electron chi connectivity index (χ1n) is 8.22. The first-order valence-corrected chi connectivity index (χ1v) is 8.22. The molecule has 0 aliphatic rings. The van der Waals surface area contributed by atoms with Crippen molar-refractivity contribution in [3.8, 4) is 11.5 Å². The van der Waals surface area contributed by atoms with Crippen LogP contribution in [0, 0.1) is 0 Å². The van der Waals surface area contributed by atoms with Crippen LogP contribution >= 0.6 is 0 Å². The number of nitrogens with zero attached hydrogens (tertiary/aromatic N) is 1. The van der Waals surface area contributed by atoms with Crippen molar-refractivity contribution in [3.63, 3.8) is 0 Å². The van der Waals surface area contributed by atoms with Gasteiger partial charge in [0.1, 0.15) is 0 Å². The molecule has 0 saturated heterocycles. The molecule has 2 aromatic carbocycles. The fourth-order valence-electron chi connectivity index (χ4n) is 2.96. The fourth-order valence-corrected chi connectivity index (χ4v) is 2.96. The molecule has 0 unspecified atom stereocenters. The third kappa shape index (κ3) is 2.83. The van der Waals surface area contributed by atoms with Crippen LogP contribution in [0.3, 0.4) is 0 Å². The Kier molecular flexibility index (Phi) is 4.71. The molecule has 2 N–H and O–H groups in total. The lowest BCUT2D eigenvalue weighted by Gasteiger charge is -2.14. The molecule has 0 fully saturated rings. The summed E-state index contributed by atoms with van der Waals surface area (Å²) in [6.45, 7) is 4.32. The van der Waals surface area contributed by atoms with Crippen molar-refractivity contribution in [1.29, 1.82) is 0 Å². The van der Waals surface area contributed by atoms with E-state index in [4.69, 9.17) is 4.74 Å². The summed E-state index contributed by atoms with van der Waals surface area (Å²) in [6, 6.07) is 10.9. The van der Waals surface area contributed by atoms with E-state index in [1.54, 1.807) is 12.1 Å². The predicted molar refractivity (Wildman–Crippen MR) is 97.0 cm³/mol. The Morgan fingerprint density at radius 3 is 2.75 bits per heavy atom. The van der Waals surface area contributed by atoms with Crippen molar-refractivity contribution < 1.29 is 9.84 Å². The highest BCUT2D eigenvalue weighted by Crippen LogP contribution is 2.33. The van der Waals surface area contributed by atoms with E-state index in [-0.39, 0.29) is 11.2 Å². The number of aryl methyl sites for hydroxylation is 1. The SMILES string of the molecule is CCNCCCOc1ccc2c(c1O)c(=O)c1ccccc1n2C. The average molecular weight is 326 g/mol. The number of fused-ring (bicyclic) bond motifs is 2. The van der Waals surface area contributed by atoms with Crippen LogP contribution in [-0.2, 0) is 7.05 Å². The molecule has 5 nitrogen and oxygen atoms in total. The molecule has 3 rings (SSSR count). The van der Waals surface area contributed by atoms with E-state index in [9.17, 15) is 9.90 Å². The molecule has 0 bridgehead atoms. The predicted octanol–water partition coefficient (Wildman–Crippen LogP) is 2.78. The number of aromatic hydroxyl groups is 1. The van der Waals surface area contributed by atoms with Gasteiger partial charge in [-0.1, -0.05) is 19.1 Å². The van der Waals surface area contributed by atoms with E-state index in [0.717, 1.165) is 25.0 Å². The summed E-state index contributed by atoms with van der Waals surface area (Å²) in [6.07, 6.45) is 0.834. The highest BCUT2D eigenvalue weighted by Gasteiger charge is 2.15. The van der Waals surface area contributed by atoms with Crippen LogP contribution in [0.1, 0.15) is 13.3 Å². The molecule has 5 heteroatoms. The molecule has 0 aliphatic carbocycles. The summed E-state index contributed by atoms with van der Waals surface area (Å²) in [4.78, 5) is 12.8. The van der Waals surface area contributed by atoms with Gasteiger partial charge in [-0.25, -0.2) is 0 Å². The first-order chi connectivity index (χ1) is 11.6. The Morgan fingerprint density at radius 1 is 1.17 bits per heavy atom. The lowest BCUT2D eigenvalue weighted by Crippen LogP contribution is -2.16. The molecular formula is C19H22N2O3. The Bertz CT molecular complexity index is 931. The molecule has 1 aromatic heterocycles. The molecule has 0 amide bonds. The normalized spacial score (nSPS) is 11.2. The quantitative estimate of drug-likeness (QED) is 0.540. The largest absolute Gasteiger partial charge is 0.504 e. The summed E-state index contributed by atoms with van der Waals surface area (Å²) >= 11 is 0. The zero-order valence-electron chi connectivity index (χ0n) is 14.0. The Hall–Kier alpha value is -2.53. The third-order valence-corrected chi connectivity index (χ3v) is 4.22. The Balaban J connectivity index is 2.04. The maximum atomic E-state index is 12.8. The molecule has 1 heterocycles. The highest BCUT2D eigenvalue weighted by atomic mass is 16.5. The van der Waals surface area contributed by atoms with Crippen molar-refractivity contribution >= 4 is 21.8 Å². The number of nitrogens with one attached hydrogen (secondary N) is 1. The third-order valence-electron chi connectivity index (χ3n) is 4.22. The van der Waals surface area contributed by atoms with Gasteiger partial charge in [0.25, 0.3) is 0 Å². The van der Waals surface area contributed by atoms with E-state index < -0.39 is 0 Å². The molecule has 0 saturated carbocycles. The maximum Gasteiger partial charge on any atom is 0.201 e. The average Bonchev–Trinajstić information content (AvgIpc) is 2.60. The maximum absolute atomic E-state index is 12.8. The smallest absolute Gasteiger partial charge is 0.201 e. The van der Waals surface area contributed by atoms with Gasteiger partial charge >= 0.3 is 0 Å². The minimum Gasteiger partial charge on any atom is -0.504 e. The molecule has 0 aliphatic heterocycles. The Morgan fingerprint density at radius 2 is 1.96 bits per heavy atom. The van der Waals surface area contributed by atoms with E-state index in [1.165, 1.54) is 0 Å².